The number of hydrogen-bond acceptors (Lipinski definition) is 3. The van der Waals surface area contributed by atoms with Crippen molar-refractivity contribution in [3.05, 3.63) is 0 Å². The number of hydrogen-bond donors (Lipinski definition) is 1. The van der Waals surface area contributed by atoms with Crippen LogP contribution in [-0.2, 0) is 0 Å². The summed E-state index contributed by atoms with van der Waals surface area (Å²) >= 11 is 1.20. The maximum Gasteiger partial charge on any atom is 0.334 e. The van der Waals surface area contributed by atoms with Crippen LogP contribution in [0.25, 0.3) is 0 Å². The molecule has 0 saturated heterocycles. The molecule has 0 fully saturated rings. The van der Waals surface area contributed by atoms with Gasteiger partial charge in [-0.25, -0.2) is 9.10 Å². The van der Waals surface area contributed by atoms with E-state index in [1.165, 1.54) is 12.1 Å². The number of rotatable bonds is 1. The predicted molar refractivity (Wildman–Crippen MR) is 46.2 cm³/mol. The maximum atomic E-state index is 11.2. The fraction of sp³-hybridized carbons (Fsp3) is 0.667. The van der Waals surface area contributed by atoms with Crippen LogP contribution in [0.5, 0.6) is 0 Å². The summed E-state index contributed by atoms with van der Waals surface area (Å²) in [6.07, 6.45) is 0. The smallest absolute Gasteiger partial charge is 0.295 e. The van der Waals surface area contributed by atoms with E-state index in [0.717, 1.165) is 0 Å². The lowest BCUT2D eigenvalue weighted by Gasteiger charge is -2.26. The van der Waals surface area contributed by atoms with Gasteiger partial charge >= 0.3 is 6.03 Å². The molecule has 1 rings (SSSR count). The van der Waals surface area contributed by atoms with Gasteiger partial charge in [0.1, 0.15) is 5.84 Å². The van der Waals surface area contributed by atoms with Crippen molar-refractivity contribution in [2.75, 3.05) is 0 Å². The predicted octanol–water partition coefficient (Wildman–Crippen LogP) is 1.40. The van der Waals surface area contributed by atoms with E-state index < -0.39 is 0 Å². The first-order valence-corrected chi connectivity index (χ1v) is 4.16. The van der Waals surface area contributed by atoms with Gasteiger partial charge in [-0.05, 0) is 20.8 Å². The molecule has 0 saturated carbocycles. The molecule has 0 aromatic rings. The summed E-state index contributed by atoms with van der Waals surface area (Å²) in [5, 5.41) is 2.63. The molecule has 0 radical (unpaired) electrons. The Morgan fingerprint density at radius 3 is 2.73 bits per heavy atom. The minimum absolute atomic E-state index is 0.0856. The summed E-state index contributed by atoms with van der Waals surface area (Å²) in [7, 11) is 0. The molecule has 1 heterocycles. The average molecular weight is 173 g/mol. The van der Waals surface area contributed by atoms with Crippen LogP contribution < -0.4 is 5.32 Å². The van der Waals surface area contributed by atoms with Gasteiger partial charge in [0, 0.05) is 6.04 Å². The topological polar surface area (TPSA) is 44.7 Å². The molecule has 0 aromatic heterocycles. The Hall–Kier alpha value is -0.710. The summed E-state index contributed by atoms with van der Waals surface area (Å²) in [5.41, 5.74) is 0. The summed E-state index contributed by atoms with van der Waals surface area (Å²) in [6, 6.07) is 0.0920. The number of amides is 2. The van der Waals surface area contributed by atoms with Crippen molar-refractivity contribution in [3.63, 3.8) is 0 Å². The zero-order valence-electron chi connectivity index (χ0n) is 6.79. The normalized spacial score (nSPS) is 18.4. The third kappa shape index (κ3) is 1.86. The van der Waals surface area contributed by atoms with Crippen LogP contribution in [0.1, 0.15) is 20.8 Å². The van der Waals surface area contributed by atoms with Gasteiger partial charge in [-0.15, -0.1) is 0 Å². The first kappa shape index (κ1) is 8.39. The molecule has 5 heteroatoms. The van der Waals surface area contributed by atoms with Crippen LogP contribution in [0.4, 0.5) is 4.79 Å². The fourth-order valence-corrected chi connectivity index (χ4v) is 1.27. The summed E-state index contributed by atoms with van der Waals surface area (Å²) in [5.74, 6) is 0.664. The van der Waals surface area contributed by atoms with E-state index in [0.29, 0.717) is 5.84 Å². The number of urea groups is 1. The highest BCUT2D eigenvalue weighted by atomic mass is 32.2. The Morgan fingerprint density at radius 2 is 2.27 bits per heavy atom. The number of carbonyl (C=O) groups excluding carboxylic acids is 1. The van der Waals surface area contributed by atoms with Crippen LogP contribution in [0, 0.1) is 0 Å². The van der Waals surface area contributed by atoms with Gasteiger partial charge in [-0.3, -0.25) is 5.32 Å². The molecule has 62 valence electrons. The monoisotopic (exact) mass is 173 g/mol. The zero-order valence-corrected chi connectivity index (χ0v) is 7.60. The summed E-state index contributed by atoms with van der Waals surface area (Å²) in [4.78, 5) is 11.2. The van der Waals surface area contributed by atoms with Crippen LogP contribution in [0.3, 0.4) is 0 Å². The molecule has 2 amide bonds. The molecule has 0 aliphatic carbocycles. The van der Waals surface area contributed by atoms with Crippen molar-refractivity contribution in [2.45, 2.75) is 26.8 Å². The Balaban J connectivity index is 2.66. The first-order chi connectivity index (χ1) is 5.11. The van der Waals surface area contributed by atoms with Gasteiger partial charge in [0.25, 0.3) is 0 Å². The van der Waals surface area contributed by atoms with Gasteiger partial charge in [0.2, 0.25) is 0 Å². The second kappa shape index (κ2) is 3.13. The highest BCUT2D eigenvalue weighted by molar-refractivity contribution is 7.96. The Morgan fingerprint density at radius 1 is 1.64 bits per heavy atom. The van der Waals surface area contributed by atoms with Gasteiger partial charge in [-0.2, -0.15) is 4.40 Å². The van der Waals surface area contributed by atoms with E-state index in [9.17, 15) is 4.79 Å². The Bertz CT molecular complexity index is 202. The van der Waals surface area contributed by atoms with E-state index in [2.05, 4.69) is 9.71 Å². The van der Waals surface area contributed by atoms with Gasteiger partial charge in [0.05, 0.1) is 12.1 Å². The molecule has 0 atom stereocenters. The van der Waals surface area contributed by atoms with Crippen molar-refractivity contribution in [2.24, 2.45) is 4.40 Å². The number of amidine groups is 1. The SMILES string of the molecule is CC1=NSN(C(C)C)C(=O)N1. The Kier molecular flexibility index (Phi) is 2.38. The average Bonchev–Trinajstić information content (AvgIpc) is 1.85. The minimum atomic E-state index is -0.0856. The fourth-order valence-electron chi connectivity index (χ4n) is 0.704. The zero-order chi connectivity index (χ0) is 8.43. The molecule has 0 aromatic carbocycles. The molecule has 1 aliphatic heterocycles. The lowest BCUT2D eigenvalue weighted by molar-refractivity contribution is 0.224. The third-order valence-electron chi connectivity index (χ3n) is 1.22. The summed E-state index contributed by atoms with van der Waals surface area (Å²) in [6.45, 7) is 5.66. The Labute approximate surface area is 70.3 Å². The van der Waals surface area contributed by atoms with Gasteiger partial charge in [-0.1, -0.05) is 0 Å². The quantitative estimate of drug-likeness (QED) is 0.609. The van der Waals surface area contributed by atoms with Gasteiger partial charge < -0.3 is 0 Å². The first-order valence-electron chi connectivity index (χ1n) is 3.43. The molecule has 0 unspecified atom stereocenters. The molecule has 1 N–H and O–H groups in total. The molecule has 11 heavy (non-hydrogen) atoms. The number of nitrogens with one attached hydrogen (secondary N) is 1. The molecule has 4 nitrogen and oxygen atoms in total. The van der Waals surface area contributed by atoms with E-state index in [4.69, 9.17) is 0 Å². The van der Waals surface area contributed by atoms with Crippen LogP contribution >= 0.6 is 12.1 Å². The van der Waals surface area contributed by atoms with Crippen molar-refractivity contribution >= 4 is 24.0 Å². The third-order valence-corrected chi connectivity index (χ3v) is 2.34. The maximum absolute atomic E-state index is 11.2. The standard InChI is InChI=1S/C6H11N3OS/c1-4(2)9-6(10)7-5(3)8-11-9/h4H,1-3H3,(H,7,8,10). The molecule has 1 aliphatic rings. The van der Waals surface area contributed by atoms with Crippen molar-refractivity contribution in [1.82, 2.24) is 9.62 Å². The minimum Gasteiger partial charge on any atom is -0.295 e. The molecule has 0 bridgehead atoms. The molecular weight excluding hydrogens is 162 g/mol. The van der Waals surface area contributed by atoms with Crippen molar-refractivity contribution < 1.29 is 4.79 Å². The summed E-state index contributed by atoms with van der Waals surface area (Å²) < 4.78 is 5.60. The second-order valence-electron chi connectivity index (χ2n) is 2.61. The number of carbonyl (C=O) groups is 1. The van der Waals surface area contributed by atoms with Crippen molar-refractivity contribution in [3.8, 4) is 0 Å². The number of nitrogens with zero attached hydrogens (tertiary/aromatic N) is 2. The van der Waals surface area contributed by atoms with E-state index in [-0.39, 0.29) is 12.1 Å². The van der Waals surface area contributed by atoms with Crippen LogP contribution in [-0.4, -0.2) is 22.2 Å². The van der Waals surface area contributed by atoms with E-state index >= 15 is 0 Å². The highest BCUT2D eigenvalue weighted by Gasteiger charge is 2.21. The molecule has 0 spiro atoms. The van der Waals surface area contributed by atoms with E-state index in [1.807, 2.05) is 13.8 Å². The van der Waals surface area contributed by atoms with Crippen LogP contribution in [0.2, 0.25) is 0 Å². The molecular formula is C6H11N3OS. The highest BCUT2D eigenvalue weighted by Crippen LogP contribution is 2.18. The largest absolute Gasteiger partial charge is 0.334 e. The van der Waals surface area contributed by atoms with Gasteiger partial charge in [0.15, 0.2) is 0 Å². The second-order valence-corrected chi connectivity index (χ2v) is 3.35. The van der Waals surface area contributed by atoms with Crippen molar-refractivity contribution in [1.29, 1.82) is 0 Å². The lowest BCUT2D eigenvalue weighted by Crippen LogP contribution is -2.44. The van der Waals surface area contributed by atoms with Crippen LogP contribution in [0.15, 0.2) is 4.40 Å². The van der Waals surface area contributed by atoms with E-state index in [1.54, 1.807) is 11.2 Å². The lowest BCUT2D eigenvalue weighted by atomic mass is 10.4.